The zero-order valence-corrected chi connectivity index (χ0v) is 18.8. The molecule has 1 amide bonds. The predicted octanol–water partition coefficient (Wildman–Crippen LogP) is 3.95. The number of rotatable bonds is 8. The molecule has 3 aromatic rings. The molecule has 1 heterocycles. The number of hydrogen-bond donors (Lipinski definition) is 2. The molecule has 0 bridgehead atoms. The molecule has 8 heteroatoms. The molecule has 1 aromatic heterocycles. The minimum Gasteiger partial charge on any atom is -0.480 e. The van der Waals surface area contributed by atoms with Crippen LogP contribution in [0, 0.1) is 6.92 Å². The zero-order chi connectivity index (χ0) is 22.7. The van der Waals surface area contributed by atoms with E-state index in [0.29, 0.717) is 5.75 Å². The van der Waals surface area contributed by atoms with E-state index in [0.717, 1.165) is 33.6 Å². The first-order chi connectivity index (χ1) is 15.4. The standard InChI is InChI=1S/C24H25N3O4S/c1-15-11-16(27(2)26-15)13-32-14-22(23(28)29)25-24(30)31-12-21-19-9-5-3-7-17(19)18-8-4-6-10-20(18)21/h3-11,21-22H,12-14H2,1-2H3,(H,25,30)(H,28,29). The summed E-state index contributed by atoms with van der Waals surface area (Å²) in [5.74, 6) is -0.330. The van der Waals surface area contributed by atoms with Crippen LogP contribution in [0.25, 0.3) is 11.1 Å². The average molecular weight is 452 g/mol. The number of alkyl carbamates (subject to hydrolysis) is 1. The normalized spacial score (nSPS) is 13.3. The molecule has 1 unspecified atom stereocenters. The van der Waals surface area contributed by atoms with Crippen LogP contribution < -0.4 is 5.32 Å². The first kappa shape index (κ1) is 22.0. The Kier molecular flexibility index (Phi) is 6.50. The Hall–Kier alpha value is -3.26. The summed E-state index contributed by atoms with van der Waals surface area (Å²) in [4.78, 5) is 24.0. The number of fused-ring (bicyclic) bond motifs is 3. The van der Waals surface area contributed by atoms with E-state index >= 15 is 0 Å². The smallest absolute Gasteiger partial charge is 0.407 e. The van der Waals surface area contributed by atoms with Gasteiger partial charge in [0.15, 0.2) is 0 Å². The number of carboxylic acids is 1. The SMILES string of the molecule is Cc1cc(CSCC(NC(=O)OCC2c3ccccc3-c3ccccc32)C(=O)O)n(C)n1. The number of carbonyl (C=O) groups excluding carboxylic acids is 1. The number of thioether (sulfide) groups is 1. The number of aliphatic carboxylic acids is 1. The number of carbonyl (C=O) groups is 2. The van der Waals surface area contributed by atoms with Crippen molar-refractivity contribution in [3.8, 4) is 11.1 Å². The first-order valence-corrected chi connectivity index (χ1v) is 11.5. The molecular formula is C24H25N3O4S. The van der Waals surface area contributed by atoms with Crippen LogP contribution in [0.4, 0.5) is 4.79 Å². The fourth-order valence-electron chi connectivity index (χ4n) is 4.04. The number of nitrogens with zero attached hydrogens (tertiary/aromatic N) is 2. The molecule has 1 aliphatic rings. The average Bonchev–Trinajstić information content (AvgIpc) is 3.27. The number of ether oxygens (including phenoxy) is 1. The number of aryl methyl sites for hydroxylation is 2. The van der Waals surface area contributed by atoms with E-state index in [9.17, 15) is 14.7 Å². The van der Waals surface area contributed by atoms with E-state index in [2.05, 4.69) is 22.5 Å². The van der Waals surface area contributed by atoms with Crippen molar-refractivity contribution in [3.05, 3.63) is 77.1 Å². The number of amides is 1. The Morgan fingerprint density at radius 2 is 1.78 bits per heavy atom. The number of aromatic nitrogens is 2. The largest absolute Gasteiger partial charge is 0.480 e. The van der Waals surface area contributed by atoms with Crippen LogP contribution in [0.3, 0.4) is 0 Å². The third-order valence-corrected chi connectivity index (χ3v) is 6.64. The second-order valence-electron chi connectivity index (χ2n) is 7.78. The van der Waals surface area contributed by atoms with Gasteiger partial charge in [-0.2, -0.15) is 16.9 Å². The maximum Gasteiger partial charge on any atom is 0.407 e. The van der Waals surface area contributed by atoms with Crippen LogP contribution in [0.15, 0.2) is 54.6 Å². The van der Waals surface area contributed by atoms with Gasteiger partial charge in [-0.3, -0.25) is 4.68 Å². The summed E-state index contributed by atoms with van der Waals surface area (Å²) >= 11 is 1.43. The molecule has 0 radical (unpaired) electrons. The van der Waals surface area contributed by atoms with Gasteiger partial charge < -0.3 is 15.2 Å². The highest BCUT2D eigenvalue weighted by molar-refractivity contribution is 7.98. The van der Waals surface area contributed by atoms with E-state index in [-0.39, 0.29) is 18.3 Å². The van der Waals surface area contributed by atoms with Crippen molar-refractivity contribution in [3.63, 3.8) is 0 Å². The lowest BCUT2D eigenvalue weighted by molar-refractivity contribution is -0.138. The number of carboxylic acid groups (broad SMARTS) is 1. The van der Waals surface area contributed by atoms with Crippen LogP contribution in [-0.4, -0.2) is 45.4 Å². The summed E-state index contributed by atoms with van der Waals surface area (Å²) in [5.41, 5.74) is 6.41. The molecule has 1 aliphatic carbocycles. The topological polar surface area (TPSA) is 93.5 Å². The monoisotopic (exact) mass is 451 g/mol. The minimum absolute atomic E-state index is 0.0705. The van der Waals surface area contributed by atoms with Gasteiger partial charge in [0.05, 0.1) is 5.69 Å². The van der Waals surface area contributed by atoms with Gasteiger partial charge in [-0.05, 0) is 35.2 Å². The molecule has 166 valence electrons. The summed E-state index contributed by atoms with van der Waals surface area (Å²) in [6.07, 6.45) is -0.726. The summed E-state index contributed by atoms with van der Waals surface area (Å²) in [5, 5.41) is 16.3. The summed E-state index contributed by atoms with van der Waals surface area (Å²) < 4.78 is 7.25. The highest BCUT2D eigenvalue weighted by Crippen LogP contribution is 2.44. The van der Waals surface area contributed by atoms with E-state index in [1.54, 1.807) is 4.68 Å². The Morgan fingerprint density at radius 3 is 2.34 bits per heavy atom. The molecule has 0 fully saturated rings. The van der Waals surface area contributed by atoms with Crippen molar-refractivity contribution < 1.29 is 19.4 Å². The maximum absolute atomic E-state index is 12.4. The van der Waals surface area contributed by atoms with E-state index in [1.165, 1.54) is 11.8 Å². The molecule has 32 heavy (non-hydrogen) atoms. The Labute approximate surface area is 190 Å². The van der Waals surface area contributed by atoms with Gasteiger partial charge in [-0.15, -0.1) is 0 Å². The van der Waals surface area contributed by atoms with Gasteiger partial charge >= 0.3 is 12.1 Å². The molecule has 0 saturated heterocycles. The van der Waals surface area contributed by atoms with Gasteiger partial charge in [-0.1, -0.05) is 48.5 Å². The van der Waals surface area contributed by atoms with Crippen LogP contribution in [-0.2, 0) is 22.3 Å². The van der Waals surface area contributed by atoms with Crippen molar-refractivity contribution >= 4 is 23.8 Å². The summed E-state index contributed by atoms with van der Waals surface area (Å²) in [6.45, 7) is 2.06. The Morgan fingerprint density at radius 1 is 1.16 bits per heavy atom. The van der Waals surface area contributed by atoms with Crippen molar-refractivity contribution in [2.75, 3.05) is 12.4 Å². The van der Waals surface area contributed by atoms with Crippen LogP contribution in [0.1, 0.15) is 28.4 Å². The van der Waals surface area contributed by atoms with Crippen molar-refractivity contribution in [1.29, 1.82) is 0 Å². The van der Waals surface area contributed by atoms with Crippen molar-refractivity contribution in [2.45, 2.75) is 24.6 Å². The molecule has 1 atom stereocenters. The molecule has 0 spiro atoms. The minimum atomic E-state index is -1.09. The third-order valence-electron chi connectivity index (χ3n) is 5.57. The lowest BCUT2D eigenvalue weighted by atomic mass is 9.98. The molecule has 7 nitrogen and oxygen atoms in total. The highest BCUT2D eigenvalue weighted by Gasteiger charge is 2.29. The maximum atomic E-state index is 12.4. The molecular weight excluding hydrogens is 426 g/mol. The fraction of sp³-hybridized carbons (Fsp3) is 0.292. The number of hydrogen-bond acceptors (Lipinski definition) is 5. The van der Waals surface area contributed by atoms with Crippen molar-refractivity contribution in [2.24, 2.45) is 7.05 Å². The highest BCUT2D eigenvalue weighted by atomic mass is 32.2. The molecule has 2 aromatic carbocycles. The van der Waals surface area contributed by atoms with Crippen LogP contribution in [0.2, 0.25) is 0 Å². The van der Waals surface area contributed by atoms with Crippen LogP contribution in [0.5, 0.6) is 0 Å². The third kappa shape index (κ3) is 4.65. The predicted molar refractivity (Wildman–Crippen MR) is 124 cm³/mol. The fourth-order valence-corrected chi connectivity index (χ4v) is 5.10. The molecule has 0 saturated carbocycles. The summed E-state index contributed by atoms with van der Waals surface area (Å²) in [7, 11) is 1.85. The lowest BCUT2D eigenvalue weighted by Gasteiger charge is -2.17. The van der Waals surface area contributed by atoms with E-state index in [4.69, 9.17) is 4.74 Å². The van der Waals surface area contributed by atoms with Gasteiger partial charge in [0.2, 0.25) is 0 Å². The van der Waals surface area contributed by atoms with Gasteiger partial charge in [0.25, 0.3) is 0 Å². The second kappa shape index (κ2) is 9.48. The van der Waals surface area contributed by atoms with Gasteiger partial charge in [0.1, 0.15) is 12.6 Å². The van der Waals surface area contributed by atoms with E-state index in [1.807, 2.05) is 56.4 Å². The zero-order valence-electron chi connectivity index (χ0n) is 17.9. The Balaban J connectivity index is 1.34. The molecule has 0 aliphatic heterocycles. The van der Waals surface area contributed by atoms with Gasteiger partial charge in [0, 0.05) is 30.2 Å². The van der Waals surface area contributed by atoms with E-state index < -0.39 is 18.1 Å². The number of benzene rings is 2. The summed E-state index contributed by atoms with van der Waals surface area (Å²) in [6, 6.07) is 17.1. The number of nitrogens with one attached hydrogen (secondary N) is 1. The Bertz CT molecular complexity index is 1100. The van der Waals surface area contributed by atoms with Crippen LogP contribution >= 0.6 is 11.8 Å². The second-order valence-corrected chi connectivity index (χ2v) is 8.81. The van der Waals surface area contributed by atoms with Crippen molar-refractivity contribution in [1.82, 2.24) is 15.1 Å². The molecule has 4 rings (SSSR count). The quantitative estimate of drug-likeness (QED) is 0.539. The molecule has 2 N–H and O–H groups in total. The lowest BCUT2D eigenvalue weighted by Crippen LogP contribution is -2.43. The first-order valence-electron chi connectivity index (χ1n) is 10.4. The van der Waals surface area contributed by atoms with Gasteiger partial charge in [-0.25, -0.2) is 9.59 Å².